The Morgan fingerprint density at radius 2 is 2.07 bits per heavy atom. The van der Waals surface area contributed by atoms with Crippen LogP contribution >= 0.6 is 0 Å². The van der Waals surface area contributed by atoms with Gasteiger partial charge in [0, 0.05) is 18.7 Å². The van der Waals surface area contributed by atoms with E-state index in [-0.39, 0.29) is 11.8 Å². The third-order valence-corrected chi connectivity index (χ3v) is 4.82. The van der Waals surface area contributed by atoms with Crippen molar-refractivity contribution in [3.63, 3.8) is 0 Å². The van der Waals surface area contributed by atoms with E-state index in [2.05, 4.69) is 0 Å². The lowest BCUT2D eigenvalue weighted by Crippen LogP contribution is -2.41. The maximum atomic E-state index is 11.4. The molecular weight excluding hydrogens is 348 g/mol. The van der Waals surface area contributed by atoms with Crippen LogP contribution in [0, 0.1) is 16.0 Å². The van der Waals surface area contributed by atoms with E-state index in [0.717, 1.165) is 5.56 Å². The topological polar surface area (TPSA) is 92.9 Å². The fraction of sp³-hybridized carbons (Fsp3) is 0.350. The molecule has 0 aromatic heterocycles. The Morgan fingerprint density at radius 3 is 2.70 bits per heavy atom. The molecule has 0 fully saturated rings. The van der Waals surface area contributed by atoms with Crippen molar-refractivity contribution in [1.82, 2.24) is 0 Å². The normalized spacial score (nSPS) is 16.9. The number of non-ortho nitro benzene ring substituents is 1. The van der Waals surface area contributed by atoms with Crippen molar-refractivity contribution in [3.8, 4) is 5.75 Å². The number of nitrogens with zero attached hydrogens (tertiary/aromatic N) is 2. The van der Waals surface area contributed by atoms with Crippen LogP contribution in [0.5, 0.6) is 5.75 Å². The van der Waals surface area contributed by atoms with Crippen molar-refractivity contribution in [1.29, 1.82) is 0 Å². The molecule has 7 heteroatoms. The lowest BCUT2D eigenvalue weighted by atomic mass is 9.97. The summed E-state index contributed by atoms with van der Waals surface area (Å²) in [6.45, 7) is 2.90. The van der Waals surface area contributed by atoms with Crippen LogP contribution in [-0.4, -0.2) is 28.6 Å². The first kappa shape index (κ1) is 18.7. The van der Waals surface area contributed by atoms with Crippen LogP contribution in [0.15, 0.2) is 48.5 Å². The molecule has 0 amide bonds. The van der Waals surface area contributed by atoms with Crippen molar-refractivity contribution >= 4 is 17.3 Å². The highest BCUT2D eigenvalue weighted by molar-refractivity contribution is 5.70. The van der Waals surface area contributed by atoms with Crippen LogP contribution in [0.4, 0.5) is 11.4 Å². The van der Waals surface area contributed by atoms with Crippen molar-refractivity contribution in [2.24, 2.45) is 5.92 Å². The van der Waals surface area contributed by atoms with Gasteiger partial charge in [-0.05, 0) is 24.5 Å². The first-order chi connectivity index (χ1) is 13.0. The van der Waals surface area contributed by atoms with Crippen LogP contribution in [0.1, 0.15) is 25.3 Å². The number of ether oxygens (including phenoxy) is 1. The molecule has 2 atom stereocenters. The Kier molecular flexibility index (Phi) is 5.59. The number of aliphatic carboxylic acids is 1. The number of nitro groups is 1. The summed E-state index contributed by atoms with van der Waals surface area (Å²) >= 11 is 0. The summed E-state index contributed by atoms with van der Waals surface area (Å²) in [6.07, 6.45) is 0.637. The molecule has 0 radical (unpaired) electrons. The van der Waals surface area contributed by atoms with Crippen molar-refractivity contribution in [3.05, 3.63) is 64.2 Å². The second-order valence-corrected chi connectivity index (χ2v) is 6.69. The number of rotatable bonds is 7. The fourth-order valence-corrected chi connectivity index (χ4v) is 3.36. The third kappa shape index (κ3) is 4.36. The predicted molar refractivity (Wildman–Crippen MR) is 101 cm³/mol. The second-order valence-electron chi connectivity index (χ2n) is 6.69. The van der Waals surface area contributed by atoms with Gasteiger partial charge in [-0.1, -0.05) is 37.3 Å². The summed E-state index contributed by atoms with van der Waals surface area (Å²) in [5, 5.41) is 20.5. The van der Waals surface area contributed by atoms with Gasteiger partial charge in [0.15, 0.2) is 0 Å². The largest absolute Gasteiger partial charge is 0.486 e. The van der Waals surface area contributed by atoms with Gasteiger partial charge in [0.1, 0.15) is 11.9 Å². The third-order valence-electron chi connectivity index (χ3n) is 4.82. The van der Waals surface area contributed by atoms with E-state index in [1.165, 1.54) is 12.1 Å². The van der Waals surface area contributed by atoms with Gasteiger partial charge in [-0.2, -0.15) is 0 Å². The Balaban J connectivity index is 1.90. The molecule has 0 saturated carbocycles. The number of fused-ring (bicyclic) bond motifs is 1. The van der Waals surface area contributed by atoms with Crippen LogP contribution in [0.25, 0.3) is 0 Å². The van der Waals surface area contributed by atoms with Gasteiger partial charge in [0.25, 0.3) is 5.69 Å². The summed E-state index contributed by atoms with van der Waals surface area (Å²) in [5.74, 6) is -0.758. The first-order valence-electron chi connectivity index (χ1n) is 8.94. The second kappa shape index (κ2) is 8.07. The summed E-state index contributed by atoms with van der Waals surface area (Å²) < 4.78 is 5.99. The van der Waals surface area contributed by atoms with Crippen LogP contribution in [0.3, 0.4) is 0 Å². The van der Waals surface area contributed by atoms with Gasteiger partial charge in [-0.15, -0.1) is 0 Å². The number of carboxylic acids is 1. The molecule has 0 spiro atoms. The first-order valence-corrected chi connectivity index (χ1v) is 8.94. The molecule has 1 N–H and O–H groups in total. The Hall–Kier alpha value is -3.09. The maximum Gasteiger partial charge on any atom is 0.306 e. The van der Waals surface area contributed by atoms with Gasteiger partial charge >= 0.3 is 5.97 Å². The number of hydrogen-bond acceptors (Lipinski definition) is 5. The summed E-state index contributed by atoms with van der Waals surface area (Å²) in [7, 11) is 0. The van der Waals surface area contributed by atoms with Gasteiger partial charge < -0.3 is 14.7 Å². The molecule has 1 heterocycles. The van der Waals surface area contributed by atoms with Gasteiger partial charge in [0.2, 0.25) is 0 Å². The number of hydrogen-bond donors (Lipinski definition) is 1. The summed E-state index contributed by atoms with van der Waals surface area (Å²) in [4.78, 5) is 24.2. The molecule has 0 aliphatic carbocycles. The molecule has 1 aliphatic heterocycles. The van der Waals surface area contributed by atoms with Gasteiger partial charge in [0.05, 0.1) is 23.1 Å². The highest BCUT2D eigenvalue weighted by Gasteiger charge is 2.31. The number of benzene rings is 2. The average molecular weight is 370 g/mol. The molecule has 0 unspecified atom stereocenters. The number of carboxylic acid groups (broad SMARTS) is 1. The van der Waals surface area contributed by atoms with Crippen LogP contribution in [0.2, 0.25) is 0 Å². The highest BCUT2D eigenvalue weighted by Crippen LogP contribution is 2.38. The smallest absolute Gasteiger partial charge is 0.306 e. The van der Waals surface area contributed by atoms with Crippen LogP contribution in [-0.2, 0) is 11.3 Å². The minimum absolute atomic E-state index is 0.00540. The van der Waals surface area contributed by atoms with E-state index in [4.69, 9.17) is 4.74 Å². The van der Waals surface area contributed by atoms with E-state index in [9.17, 15) is 20.0 Å². The minimum Gasteiger partial charge on any atom is -0.486 e. The molecule has 142 valence electrons. The molecule has 7 nitrogen and oxygen atoms in total. The summed E-state index contributed by atoms with van der Waals surface area (Å²) in [5.41, 5.74) is 1.74. The fourth-order valence-electron chi connectivity index (χ4n) is 3.36. The highest BCUT2D eigenvalue weighted by atomic mass is 16.6. The zero-order valence-corrected chi connectivity index (χ0v) is 15.1. The molecule has 0 saturated heterocycles. The SMILES string of the molecule is CC[C@H](C[C@H]1CN(Cc2ccccc2)c2cc([N+](=O)[O-])ccc2O1)C(=O)O. The van der Waals surface area contributed by atoms with E-state index < -0.39 is 16.8 Å². The minimum atomic E-state index is -0.829. The van der Waals surface area contributed by atoms with Crippen molar-refractivity contribution < 1.29 is 19.6 Å². The Labute approximate surface area is 157 Å². The molecule has 3 rings (SSSR count). The van der Waals surface area contributed by atoms with Crippen molar-refractivity contribution in [2.75, 3.05) is 11.4 Å². The molecule has 27 heavy (non-hydrogen) atoms. The van der Waals surface area contributed by atoms with E-state index in [0.29, 0.717) is 37.4 Å². The molecule has 0 bridgehead atoms. The van der Waals surface area contributed by atoms with E-state index in [1.54, 1.807) is 6.07 Å². The quantitative estimate of drug-likeness (QED) is 0.587. The molecular formula is C20H22N2O5. The predicted octanol–water partition coefficient (Wildman–Crippen LogP) is 3.86. The zero-order chi connectivity index (χ0) is 19.4. The van der Waals surface area contributed by atoms with E-state index in [1.807, 2.05) is 42.2 Å². The standard InChI is InChI=1S/C20H22N2O5/c1-2-15(20(23)24)10-17-13-21(12-14-6-4-3-5-7-14)18-11-16(22(25)26)8-9-19(18)27-17/h3-9,11,15,17H,2,10,12-13H2,1H3,(H,23,24)/t15-,17+/m1/s1. The number of carbonyl (C=O) groups is 1. The lowest BCUT2D eigenvalue weighted by Gasteiger charge is -2.37. The number of anilines is 1. The number of nitro benzene ring substituents is 1. The Morgan fingerprint density at radius 1 is 1.33 bits per heavy atom. The van der Waals surface area contributed by atoms with E-state index >= 15 is 0 Å². The molecule has 2 aromatic carbocycles. The van der Waals surface area contributed by atoms with Crippen LogP contribution < -0.4 is 9.64 Å². The lowest BCUT2D eigenvalue weighted by molar-refractivity contribution is -0.384. The maximum absolute atomic E-state index is 11.4. The monoisotopic (exact) mass is 370 g/mol. The zero-order valence-electron chi connectivity index (χ0n) is 15.1. The average Bonchev–Trinajstić information content (AvgIpc) is 2.66. The van der Waals surface area contributed by atoms with Crippen molar-refractivity contribution in [2.45, 2.75) is 32.4 Å². The van der Waals surface area contributed by atoms with Gasteiger partial charge in [-0.25, -0.2) is 0 Å². The summed E-state index contributed by atoms with van der Waals surface area (Å²) in [6, 6.07) is 14.3. The van der Waals surface area contributed by atoms with Gasteiger partial charge in [-0.3, -0.25) is 14.9 Å². The Bertz CT molecular complexity index is 824. The molecule has 1 aliphatic rings. The molecule has 2 aromatic rings.